The van der Waals surface area contributed by atoms with Crippen LogP contribution in [0.25, 0.3) is 10.6 Å². The lowest BCUT2D eigenvalue weighted by Crippen LogP contribution is -2.07. The van der Waals surface area contributed by atoms with E-state index in [1.807, 2.05) is 24.4 Å². The van der Waals surface area contributed by atoms with E-state index in [-0.39, 0.29) is 12.0 Å². The summed E-state index contributed by atoms with van der Waals surface area (Å²) < 4.78 is 0.863. The first kappa shape index (κ1) is 11.9. The minimum Gasteiger partial charge on any atom is -0.385 e. The Morgan fingerprint density at radius 1 is 1.28 bits per heavy atom. The number of benzene rings is 1. The number of halogens is 1. The maximum absolute atomic E-state index is 5.42. The van der Waals surface area contributed by atoms with Crippen LogP contribution < -0.4 is 0 Å². The van der Waals surface area contributed by atoms with Crippen molar-refractivity contribution in [3.63, 3.8) is 0 Å². The molecular formula is C13H11BrN2OS. The molecule has 0 aliphatic carbocycles. The van der Waals surface area contributed by atoms with Crippen LogP contribution in [0.1, 0.15) is 17.9 Å². The topological polar surface area (TPSA) is 34.5 Å². The molecule has 5 heteroatoms. The average Bonchev–Trinajstić information content (AvgIpc) is 3.00. The number of rotatable bonds is 2. The molecule has 2 heterocycles. The Kier molecular flexibility index (Phi) is 3.18. The van der Waals surface area contributed by atoms with Gasteiger partial charge in [0.25, 0.3) is 0 Å². The second-order valence-electron chi connectivity index (χ2n) is 4.16. The first-order valence-corrected chi connectivity index (χ1v) is 7.27. The van der Waals surface area contributed by atoms with E-state index in [2.05, 4.69) is 45.1 Å². The summed E-state index contributed by atoms with van der Waals surface area (Å²) in [5.74, 6) is 0.245. The molecule has 1 aliphatic rings. The van der Waals surface area contributed by atoms with Gasteiger partial charge in [-0.05, 0) is 15.9 Å². The molecule has 0 spiro atoms. The zero-order valence-corrected chi connectivity index (χ0v) is 12.1. The van der Waals surface area contributed by atoms with Crippen molar-refractivity contribution in [2.45, 2.75) is 13.0 Å². The van der Waals surface area contributed by atoms with E-state index in [4.69, 9.17) is 4.84 Å². The molecule has 0 amide bonds. The molecule has 2 atom stereocenters. The largest absolute Gasteiger partial charge is 0.385 e. The number of nitrogens with zero attached hydrogens (tertiary/aromatic N) is 2. The summed E-state index contributed by atoms with van der Waals surface area (Å²) in [5.41, 5.74) is 1.14. The summed E-state index contributed by atoms with van der Waals surface area (Å²) in [6, 6.07) is 10.2. The highest BCUT2D eigenvalue weighted by molar-refractivity contribution is 9.18. The predicted octanol–water partition coefficient (Wildman–Crippen LogP) is 4.23. The smallest absolute Gasteiger partial charge is 0.171 e. The highest BCUT2D eigenvalue weighted by Gasteiger charge is 2.32. The van der Waals surface area contributed by atoms with Gasteiger partial charge in [-0.15, -0.1) is 11.3 Å². The Labute approximate surface area is 118 Å². The van der Waals surface area contributed by atoms with E-state index >= 15 is 0 Å². The second-order valence-corrected chi connectivity index (χ2v) is 6.04. The predicted molar refractivity (Wildman–Crippen MR) is 76.9 cm³/mol. The minimum absolute atomic E-state index is 0.0191. The van der Waals surface area contributed by atoms with Gasteiger partial charge in [-0.3, -0.25) is 0 Å². The summed E-state index contributed by atoms with van der Waals surface area (Å²) >= 11 is 5.06. The molecule has 0 unspecified atom stereocenters. The molecule has 3 rings (SSSR count). The van der Waals surface area contributed by atoms with Gasteiger partial charge in [0.1, 0.15) is 9.63 Å². The quantitative estimate of drug-likeness (QED) is 0.829. The molecule has 0 fully saturated rings. The normalized spacial score (nSPS) is 22.7. The van der Waals surface area contributed by atoms with Crippen molar-refractivity contribution in [3.05, 3.63) is 41.4 Å². The molecule has 0 bridgehead atoms. The van der Waals surface area contributed by atoms with Gasteiger partial charge in [0, 0.05) is 11.8 Å². The highest BCUT2D eigenvalue weighted by atomic mass is 79.9. The highest BCUT2D eigenvalue weighted by Crippen LogP contribution is 2.38. The van der Waals surface area contributed by atoms with Gasteiger partial charge in [-0.2, -0.15) is 0 Å². The standard InChI is InChI=1S/C13H11BrN2OS/c1-8-11(17-16-12(8)14)10-7-15-13(18-10)9-5-3-2-4-6-9/h2-8,11H,1H3/t8-,11+/m0/s1. The fraction of sp³-hybridized carbons (Fsp3) is 0.231. The average molecular weight is 323 g/mol. The Bertz CT molecular complexity index is 582. The van der Waals surface area contributed by atoms with E-state index in [0.29, 0.717) is 0 Å². The molecular weight excluding hydrogens is 312 g/mol. The maximum atomic E-state index is 5.42. The van der Waals surface area contributed by atoms with Crippen molar-refractivity contribution in [1.29, 1.82) is 0 Å². The molecule has 0 radical (unpaired) electrons. The summed E-state index contributed by atoms with van der Waals surface area (Å²) in [4.78, 5) is 11.0. The van der Waals surface area contributed by atoms with Gasteiger partial charge in [-0.1, -0.05) is 42.4 Å². The fourth-order valence-electron chi connectivity index (χ4n) is 1.84. The SMILES string of the molecule is C[C@@H]1C(Br)=NO[C@H]1c1cnc(-c2ccccc2)s1. The maximum Gasteiger partial charge on any atom is 0.171 e. The second kappa shape index (κ2) is 4.82. The summed E-state index contributed by atoms with van der Waals surface area (Å²) in [6.45, 7) is 2.09. The Hall–Kier alpha value is -1.20. The Morgan fingerprint density at radius 3 is 2.72 bits per heavy atom. The summed E-state index contributed by atoms with van der Waals surface area (Å²) in [6.07, 6.45) is 1.87. The van der Waals surface area contributed by atoms with Crippen molar-refractivity contribution in [2.24, 2.45) is 11.1 Å². The third-order valence-electron chi connectivity index (χ3n) is 2.91. The van der Waals surface area contributed by atoms with Crippen LogP contribution in [0.5, 0.6) is 0 Å². The number of hydrogen-bond acceptors (Lipinski definition) is 4. The van der Waals surface area contributed by atoms with Crippen LogP contribution in [-0.4, -0.2) is 9.60 Å². The van der Waals surface area contributed by atoms with Crippen LogP contribution in [0.3, 0.4) is 0 Å². The number of hydrogen-bond donors (Lipinski definition) is 0. The van der Waals surface area contributed by atoms with E-state index in [1.54, 1.807) is 11.3 Å². The van der Waals surface area contributed by atoms with Gasteiger partial charge < -0.3 is 4.84 Å². The summed E-state index contributed by atoms with van der Waals surface area (Å²) in [5, 5.41) is 4.99. The first-order valence-electron chi connectivity index (χ1n) is 5.66. The van der Waals surface area contributed by atoms with E-state index in [9.17, 15) is 0 Å². The molecule has 18 heavy (non-hydrogen) atoms. The van der Waals surface area contributed by atoms with Crippen LogP contribution in [0.2, 0.25) is 0 Å². The zero-order chi connectivity index (χ0) is 12.5. The Balaban J connectivity index is 1.87. The van der Waals surface area contributed by atoms with Crippen LogP contribution in [0.4, 0.5) is 0 Å². The van der Waals surface area contributed by atoms with Crippen LogP contribution in [0.15, 0.2) is 41.7 Å². The van der Waals surface area contributed by atoms with Gasteiger partial charge in [-0.25, -0.2) is 4.98 Å². The van der Waals surface area contributed by atoms with E-state index in [0.717, 1.165) is 20.1 Å². The van der Waals surface area contributed by atoms with Crippen molar-refractivity contribution in [2.75, 3.05) is 0 Å². The molecule has 1 aromatic carbocycles. The third kappa shape index (κ3) is 2.08. The monoisotopic (exact) mass is 322 g/mol. The molecule has 92 valence electrons. The van der Waals surface area contributed by atoms with Crippen molar-refractivity contribution < 1.29 is 4.84 Å². The third-order valence-corrected chi connectivity index (χ3v) is 4.88. The molecule has 3 nitrogen and oxygen atoms in total. The van der Waals surface area contributed by atoms with Crippen molar-refractivity contribution >= 4 is 31.9 Å². The van der Waals surface area contributed by atoms with Crippen LogP contribution >= 0.6 is 27.3 Å². The number of aromatic nitrogens is 1. The lowest BCUT2D eigenvalue weighted by molar-refractivity contribution is 0.0678. The van der Waals surface area contributed by atoms with E-state index < -0.39 is 0 Å². The van der Waals surface area contributed by atoms with Gasteiger partial charge >= 0.3 is 0 Å². The molecule has 2 aromatic rings. The lowest BCUT2D eigenvalue weighted by Gasteiger charge is -2.09. The summed E-state index contributed by atoms with van der Waals surface area (Å²) in [7, 11) is 0. The number of thiazole rings is 1. The number of oxime groups is 1. The van der Waals surface area contributed by atoms with Crippen LogP contribution in [0, 0.1) is 5.92 Å². The molecule has 1 aromatic heterocycles. The first-order chi connectivity index (χ1) is 8.75. The van der Waals surface area contributed by atoms with E-state index in [1.165, 1.54) is 0 Å². The fourth-order valence-corrected chi connectivity index (χ4v) is 3.21. The lowest BCUT2D eigenvalue weighted by atomic mass is 10.1. The Morgan fingerprint density at radius 2 is 2.06 bits per heavy atom. The van der Waals surface area contributed by atoms with Gasteiger partial charge in [0.05, 0.1) is 10.8 Å². The molecule has 1 aliphatic heterocycles. The van der Waals surface area contributed by atoms with Crippen molar-refractivity contribution in [1.82, 2.24) is 4.98 Å². The zero-order valence-electron chi connectivity index (χ0n) is 9.71. The van der Waals surface area contributed by atoms with Gasteiger partial charge in [0.2, 0.25) is 0 Å². The molecule has 0 N–H and O–H groups in total. The van der Waals surface area contributed by atoms with Crippen molar-refractivity contribution in [3.8, 4) is 10.6 Å². The van der Waals surface area contributed by atoms with Crippen LogP contribution in [-0.2, 0) is 4.84 Å². The minimum atomic E-state index is -0.0191. The van der Waals surface area contributed by atoms with Gasteiger partial charge in [0.15, 0.2) is 6.10 Å². The molecule has 0 saturated heterocycles. The molecule has 0 saturated carbocycles.